The largest absolute Gasteiger partial charge is 0.502 e. The van der Waals surface area contributed by atoms with Gasteiger partial charge in [-0.1, -0.05) is 6.92 Å². The summed E-state index contributed by atoms with van der Waals surface area (Å²) in [6.07, 6.45) is 2.15. The van der Waals surface area contributed by atoms with Crippen LogP contribution in [0.1, 0.15) is 20.3 Å². The Bertz CT molecular complexity index is 303. The molecule has 0 aliphatic rings. The molecule has 0 amide bonds. The third-order valence-electron chi connectivity index (χ3n) is 1.60. The fourth-order valence-corrected chi connectivity index (χ4v) is 0.718. The first-order valence-corrected chi connectivity index (χ1v) is 4.88. The van der Waals surface area contributed by atoms with Crippen LogP contribution in [0.4, 0.5) is 0 Å². The van der Waals surface area contributed by atoms with Crippen LogP contribution in [0.3, 0.4) is 0 Å². The summed E-state index contributed by atoms with van der Waals surface area (Å²) in [7, 11) is 0. The van der Waals surface area contributed by atoms with Gasteiger partial charge < -0.3 is 14.6 Å². The van der Waals surface area contributed by atoms with Gasteiger partial charge in [0.05, 0.1) is 6.61 Å². The molecule has 0 radical (unpaired) electrons. The Kier molecular flexibility index (Phi) is 6.67. The molecule has 5 nitrogen and oxygen atoms in total. The average Bonchev–Trinajstić information content (AvgIpc) is 2.25. The predicted molar refractivity (Wildman–Crippen MR) is 57.7 cm³/mol. The molecule has 0 aromatic heterocycles. The van der Waals surface area contributed by atoms with E-state index in [0.29, 0.717) is 12.2 Å². The van der Waals surface area contributed by atoms with Crippen LogP contribution < -0.4 is 0 Å². The second-order valence-electron chi connectivity index (χ2n) is 3.07. The lowest BCUT2D eigenvalue weighted by atomic mass is 10.3. The molecular weight excluding hydrogens is 212 g/mol. The molecule has 16 heavy (non-hydrogen) atoms. The topological polar surface area (TPSA) is 72.8 Å². The van der Waals surface area contributed by atoms with Gasteiger partial charge >= 0.3 is 11.9 Å². The predicted octanol–water partition coefficient (Wildman–Crippen LogP) is 1.50. The number of ether oxygens (including phenoxy) is 2. The van der Waals surface area contributed by atoms with Gasteiger partial charge in [-0.2, -0.15) is 0 Å². The highest BCUT2D eigenvalue weighted by molar-refractivity contribution is 5.88. The molecule has 0 aromatic carbocycles. The fraction of sp³-hybridized carbons (Fsp3) is 0.455. The zero-order chi connectivity index (χ0) is 12.6. The first-order chi connectivity index (χ1) is 7.49. The van der Waals surface area contributed by atoms with E-state index in [4.69, 9.17) is 9.84 Å². The summed E-state index contributed by atoms with van der Waals surface area (Å²) in [6, 6.07) is 0. The zero-order valence-electron chi connectivity index (χ0n) is 9.49. The molecule has 0 aliphatic heterocycles. The van der Waals surface area contributed by atoms with Gasteiger partial charge in [-0.3, -0.25) is 0 Å². The fourth-order valence-electron chi connectivity index (χ4n) is 0.718. The van der Waals surface area contributed by atoms with Gasteiger partial charge in [0, 0.05) is 5.57 Å². The third kappa shape index (κ3) is 5.85. The van der Waals surface area contributed by atoms with Gasteiger partial charge in [0.2, 0.25) is 0 Å². The van der Waals surface area contributed by atoms with Crippen LogP contribution in [0.5, 0.6) is 0 Å². The maximum Gasteiger partial charge on any atom is 0.373 e. The molecule has 0 saturated carbocycles. The lowest BCUT2D eigenvalue weighted by Gasteiger charge is -2.03. The van der Waals surface area contributed by atoms with E-state index in [2.05, 4.69) is 11.3 Å². The number of carbonyl (C=O) groups excluding carboxylic acids is 2. The first-order valence-electron chi connectivity index (χ1n) is 4.88. The highest BCUT2D eigenvalue weighted by atomic mass is 16.5. The molecule has 0 spiro atoms. The Labute approximate surface area is 94.4 Å². The van der Waals surface area contributed by atoms with Gasteiger partial charge in [0.25, 0.3) is 0 Å². The third-order valence-corrected chi connectivity index (χ3v) is 1.60. The SMILES string of the molecule is C=C(O)C(=O)OCC=C(C)C(=O)OCCC. The van der Waals surface area contributed by atoms with Crippen molar-refractivity contribution in [2.75, 3.05) is 13.2 Å². The van der Waals surface area contributed by atoms with Crippen LogP contribution in [0.25, 0.3) is 0 Å². The Hall–Kier alpha value is -1.78. The number of rotatable bonds is 6. The number of hydrogen-bond donors (Lipinski definition) is 1. The Morgan fingerprint density at radius 1 is 1.31 bits per heavy atom. The molecule has 0 aliphatic carbocycles. The highest BCUT2D eigenvalue weighted by Gasteiger charge is 2.07. The zero-order valence-corrected chi connectivity index (χ0v) is 9.49. The Morgan fingerprint density at radius 3 is 2.44 bits per heavy atom. The summed E-state index contributed by atoms with van der Waals surface area (Å²) in [5, 5.41) is 8.63. The molecule has 5 heteroatoms. The van der Waals surface area contributed by atoms with Crippen molar-refractivity contribution < 1.29 is 24.2 Å². The Morgan fingerprint density at radius 2 is 1.94 bits per heavy atom. The maximum absolute atomic E-state index is 11.2. The van der Waals surface area contributed by atoms with Crippen LogP contribution >= 0.6 is 0 Å². The van der Waals surface area contributed by atoms with E-state index in [0.717, 1.165) is 6.42 Å². The van der Waals surface area contributed by atoms with Gasteiger partial charge in [-0.15, -0.1) is 0 Å². The average molecular weight is 228 g/mol. The number of esters is 2. The highest BCUT2D eigenvalue weighted by Crippen LogP contribution is 1.98. The standard InChI is InChI=1S/C11H16O5/c1-4-6-15-10(13)8(2)5-7-16-11(14)9(3)12/h5,12H,3-4,6-7H2,1-2H3. The van der Waals surface area contributed by atoms with Gasteiger partial charge in [-0.05, 0) is 26.0 Å². The molecule has 0 saturated heterocycles. The number of aliphatic hydroxyl groups is 1. The monoisotopic (exact) mass is 228 g/mol. The van der Waals surface area contributed by atoms with Crippen molar-refractivity contribution in [3.8, 4) is 0 Å². The molecule has 0 bridgehead atoms. The molecule has 0 unspecified atom stereocenters. The van der Waals surface area contributed by atoms with Crippen LogP contribution in [0.2, 0.25) is 0 Å². The van der Waals surface area contributed by atoms with Gasteiger partial charge in [0.1, 0.15) is 6.61 Å². The lowest BCUT2D eigenvalue weighted by molar-refractivity contribution is -0.141. The van der Waals surface area contributed by atoms with E-state index < -0.39 is 17.7 Å². The van der Waals surface area contributed by atoms with E-state index in [1.807, 2.05) is 6.92 Å². The van der Waals surface area contributed by atoms with E-state index in [1.54, 1.807) is 6.92 Å². The van der Waals surface area contributed by atoms with E-state index >= 15 is 0 Å². The quantitative estimate of drug-likeness (QED) is 0.423. The molecule has 0 heterocycles. The van der Waals surface area contributed by atoms with Crippen LogP contribution in [-0.4, -0.2) is 30.3 Å². The van der Waals surface area contributed by atoms with Crippen molar-refractivity contribution >= 4 is 11.9 Å². The minimum absolute atomic E-state index is 0.106. The van der Waals surface area contributed by atoms with Crippen molar-refractivity contribution in [1.82, 2.24) is 0 Å². The summed E-state index contributed by atoms with van der Waals surface area (Å²) in [5.74, 6) is -2.02. The maximum atomic E-state index is 11.2. The molecule has 90 valence electrons. The minimum Gasteiger partial charge on any atom is -0.502 e. The molecule has 0 atom stereocenters. The van der Waals surface area contributed by atoms with E-state index in [1.165, 1.54) is 6.08 Å². The normalized spacial score (nSPS) is 10.8. The van der Waals surface area contributed by atoms with E-state index in [9.17, 15) is 9.59 Å². The Balaban J connectivity index is 3.99. The summed E-state index contributed by atoms with van der Waals surface area (Å²) < 4.78 is 9.40. The van der Waals surface area contributed by atoms with Crippen molar-refractivity contribution in [2.24, 2.45) is 0 Å². The number of carbonyl (C=O) groups is 2. The molecule has 1 N–H and O–H groups in total. The van der Waals surface area contributed by atoms with Gasteiger partial charge in [0.15, 0.2) is 5.76 Å². The second-order valence-corrected chi connectivity index (χ2v) is 3.07. The summed E-state index contributed by atoms with van der Waals surface area (Å²) >= 11 is 0. The molecular formula is C11H16O5. The number of aliphatic hydroxyl groups excluding tert-OH is 1. The van der Waals surface area contributed by atoms with Crippen LogP contribution in [0.15, 0.2) is 24.0 Å². The van der Waals surface area contributed by atoms with Crippen LogP contribution in [0, 0.1) is 0 Å². The lowest BCUT2D eigenvalue weighted by Crippen LogP contribution is -2.09. The van der Waals surface area contributed by atoms with E-state index in [-0.39, 0.29) is 6.61 Å². The van der Waals surface area contributed by atoms with Crippen molar-refractivity contribution in [3.63, 3.8) is 0 Å². The van der Waals surface area contributed by atoms with Crippen molar-refractivity contribution in [1.29, 1.82) is 0 Å². The summed E-state index contributed by atoms with van der Waals surface area (Å²) in [6.45, 7) is 6.69. The van der Waals surface area contributed by atoms with Crippen molar-refractivity contribution in [3.05, 3.63) is 24.0 Å². The minimum atomic E-state index is -0.911. The number of hydrogen-bond acceptors (Lipinski definition) is 5. The summed E-state index contributed by atoms with van der Waals surface area (Å²) in [4.78, 5) is 22.0. The second kappa shape index (κ2) is 7.50. The van der Waals surface area contributed by atoms with Crippen molar-refractivity contribution in [2.45, 2.75) is 20.3 Å². The smallest absolute Gasteiger partial charge is 0.373 e. The first kappa shape index (κ1) is 14.2. The molecule has 0 fully saturated rings. The molecule has 0 rings (SSSR count). The summed E-state index contributed by atoms with van der Waals surface area (Å²) in [5.41, 5.74) is 0.352. The molecule has 0 aromatic rings. The van der Waals surface area contributed by atoms with Gasteiger partial charge in [-0.25, -0.2) is 9.59 Å². The van der Waals surface area contributed by atoms with Crippen LogP contribution in [-0.2, 0) is 19.1 Å².